The van der Waals surface area contributed by atoms with Crippen molar-refractivity contribution >= 4 is 17.0 Å². The van der Waals surface area contributed by atoms with Gasteiger partial charge in [-0.25, -0.2) is 9.50 Å². The predicted molar refractivity (Wildman–Crippen MR) is 51.9 cm³/mol. The number of anilines is 2. The van der Waals surface area contributed by atoms with Gasteiger partial charge in [0.1, 0.15) is 12.0 Å². The van der Waals surface area contributed by atoms with Gasteiger partial charge in [0, 0.05) is 7.05 Å². The maximum absolute atomic E-state index is 12.6. The molecule has 2 aromatic rings. The predicted octanol–water partition coefficient (Wildman–Crippen LogP) is 1.37. The minimum atomic E-state index is -4.52. The molecule has 0 saturated carbocycles. The lowest BCUT2D eigenvalue weighted by Gasteiger charge is -2.12. The highest BCUT2D eigenvalue weighted by atomic mass is 19.4. The first-order valence-corrected chi connectivity index (χ1v) is 4.32. The van der Waals surface area contributed by atoms with E-state index in [4.69, 9.17) is 5.73 Å². The van der Waals surface area contributed by atoms with Crippen LogP contribution >= 0.6 is 0 Å². The van der Waals surface area contributed by atoms with Crippen LogP contribution in [0.4, 0.5) is 24.5 Å². The molecule has 0 aliphatic rings. The van der Waals surface area contributed by atoms with Crippen molar-refractivity contribution in [2.75, 3.05) is 18.1 Å². The Morgan fingerprint density at radius 3 is 2.69 bits per heavy atom. The van der Waals surface area contributed by atoms with Gasteiger partial charge >= 0.3 is 6.18 Å². The van der Waals surface area contributed by atoms with E-state index in [-0.39, 0.29) is 11.3 Å². The molecular weight excluding hydrogens is 223 g/mol. The smallest absolute Gasteiger partial charge is 0.397 e. The summed E-state index contributed by atoms with van der Waals surface area (Å²) in [5, 5.41) is 6.21. The molecule has 2 heterocycles. The van der Waals surface area contributed by atoms with Crippen LogP contribution in [0.2, 0.25) is 0 Å². The van der Waals surface area contributed by atoms with Gasteiger partial charge < -0.3 is 11.1 Å². The number of hydrogen-bond donors (Lipinski definition) is 2. The number of aromatic nitrogens is 3. The molecule has 0 fully saturated rings. The van der Waals surface area contributed by atoms with Gasteiger partial charge in [0.25, 0.3) is 0 Å². The fourth-order valence-corrected chi connectivity index (χ4v) is 1.46. The van der Waals surface area contributed by atoms with E-state index >= 15 is 0 Å². The number of nitrogens with one attached hydrogen (secondary N) is 1. The number of fused-ring (bicyclic) bond motifs is 1. The van der Waals surface area contributed by atoms with Crippen LogP contribution in [0.1, 0.15) is 5.69 Å². The van der Waals surface area contributed by atoms with E-state index in [0.717, 1.165) is 12.4 Å². The first-order valence-electron chi connectivity index (χ1n) is 4.32. The fourth-order valence-electron chi connectivity index (χ4n) is 1.46. The molecule has 0 saturated heterocycles. The molecule has 2 rings (SSSR count). The number of nitrogen functional groups attached to an aromatic ring is 1. The second-order valence-corrected chi connectivity index (χ2v) is 3.10. The summed E-state index contributed by atoms with van der Waals surface area (Å²) in [5.74, 6) is 0. The van der Waals surface area contributed by atoms with Gasteiger partial charge in [-0.15, -0.1) is 0 Å². The van der Waals surface area contributed by atoms with Gasteiger partial charge in [0.2, 0.25) is 0 Å². The van der Waals surface area contributed by atoms with Crippen LogP contribution in [0.25, 0.3) is 5.65 Å². The Labute approximate surface area is 88.1 Å². The number of nitrogens with two attached hydrogens (primary N) is 1. The molecule has 0 radical (unpaired) electrons. The lowest BCUT2D eigenvalue weighted by atomic mass is 10.2. The maximum atomic E-state index is 12.6. The summed E-state index contributed by atoms with van der Waals surface area (Å²) in [6, 6.07) is 0.827. The van der Waals surface area contributed by atoms with E-state index < -0.39 is 11.9 Å². The zero-order chi connectivity index (χ0) is 11.9. The van der Waals surface area contributed by atoms with E-state index in [2.05, 4.69) is 15.4 Å². The molecule has 0 aromatic carbocycles. The quantitative estimate of drug-likeness (QED) is 0.777. The third-order valence-electron chi connectivity index (χ3n) is 2.12. The highest BCUT2D eigenvalue weighted by Crippen LogP contribution is 2.34. The van der Waals surface area contributed by atoms with Gasteiger partial charge in [0.05, 0.1) is 5.69 Å². The molecule has 16 heavy (non-hydrogen) atoms. The van der Waals surface area contributed by atoms with Crippen molar-refractivity contribution in [3.63, 3.8) is 0 Å². The van der Waals surface area contributed by atoms with Crippen molar-refractivity contribution in [1.29, 1.82) is 0 Å². The number of rotatable bonds is 1. The molecule has 0 unspecified atom stereocenters. The monoisotopic (exact) mass is 231 g/mol. The Morgan fingerprint density at radius 2 is 2.12 bits per heavy atom. The minimum absolute atomic E-state index is 0.0182. The molecule has 0 amide bonds. The second kappa shape index (κ2) is 3.26. The zero-order valence-corrected chi connectivity index (χ0v) is 8.21. The van der Waals surface area contributed by atoms with Gasteiger partial charge in [-0.2, -0.15) is 18.3 Å². The molecule has 3 N–H and O–H groups in total. The summed E-state index contributed by atoms with van der Waals surface area (Å²) in [6.07, 6.45) is -3.48. The van der Waals surface area contributed by atoms with E-state index in [1.165, 1.54) is 0 Å². The summed E-state index contributed by atoms with van der Waals surface area (Å²) in [5.41, 5.74) is 4.92. The molecule has 5 nitrogen and oxygen atoms in total. The van der Waals surface area contributed by atoms with Crippen molar-refractivity contribution in [2.45, 2.75) is 6.18 Å². The average Bonchev–Trinajstić information content (AvgIpc) is 2.63. The van der Waals surface area contributed by atoms with Crippen LogP contribution in [0.3, 0.4) is 0 Å². The topological polar surface area (TPSA) is 68.2 Å². The molecule has 0 aliphatic carbocycles. The van der Waals surface area contributed by atoms with Crippen molar-refractivity contribution in [1.82, 2.24) is 14.6 Å². The summed E-state index contributed by atoms with van der Waals surface area (Å²) < 4.78 is 38.6. The third kappa shape index (κ3) is 1.42. The molecule has 86 valence electrons. The van der Waals surface area contributed by atoms with Gasteiger partial charge in [-0.3, -0.25) is 0 Å². The first kappa shape index (κ1) is 10.5. The molecule has 8 heteroatoms. The summed E-state index contributed by atoms with van der Waals surface area (Å²) in [7, 11) is 1.55. The number of hydrogen-bond acceptors (Lipinski definition) is 4. The fraction of sp³-hybridized carbons (Fsp3) is 0.250. The van der Waals surface area contributed by atoms with Crippen LogP contribution in [-0.4, -0.2) is 21.6 Å². The normalized spacial score (nSPS) is 12.0. The van der Waals surface area contributed by atoms with E-state index in [0.29, 0.717) is 10.2 Å². The Hall–Kier alpha value is -1.99. The van der Waals surface area contributed by atoms with Crippen LogP contribution in [0.5, 0.6) is 0 Å². The molecule has 0 aliphatic heterocycles. The SMILES string of the molecule is CNc1c(N)cc(C(F)(F)F)n2ncnc12. The number of halogens is 3. The highest BCUT2D eigenvalue weighted by molar-refractivity contribution is 5.80. The van der Waals surface area contributed by atoms with Crippen molar-refractivity contribution in [2.24, 2.45) is 0 Å². The van der Waals surface area contributed by atoms with E-state index in [1.807, 2.05) is 0 Å². The third-order valence-corrected chi connectivity index (χ3v) is 2.12. The highest BCUT2D eigenvalue weighted by Gasteiger charge is 2.35. The Bertz CT molecular complexity index is 530. The largest absolute Gasteiger partial charge is 0.433 e. The van der Waals surface area contributed by atoms with Crippen molar-refractivity contribution in [3.05, 3.63) is 18.1 Å². The lowest BCUT2D eigenvalue weighted by Crippen LogP contribution is -2.14. The molecule has 0 spiro atoms. The first-order chi connectivity index (χ1) is 7.45. The summed E-state index contributed by atoms with van der Waals surface area (Å²) in [4.78, 5) is 3.73. The Balaban J connectivity index is 2.83. The molecule has 2 aromatic heterocycles. The molecule has 0 atom stereocenters. The molecular formula is C8H8F3N5. The maximum Gasteiger partial charge on any atom is 0.433 e. The Kier molecular flexibility index (Phi) is 2.14. The van der Waals surface area contributed by atoms with Crippen molar-refractivity contribution in [3.8, 4) is 0 Å². The van der Waals surface area contributed by atoms with E-state index in [1.54, 1.807) is 7.05 Å². The number of pyridine rings is 1. The summed E-state index contributed by atoms with van der Waals surface area (Å²) >= 11 is 0. The van der Waals surface area contributed by atoms with Gasteiger partial charge in [0.15, 0.2) is 11.3 Å². The minimum Gasteiger partial charge on any atom is -0.397 e. The van der Waals surface area contributed by atoms with Crippen molar-refractivity contribution < 1.29 is 13.2 Å². The zero-order valence-electron chi connectivity index (χ0n) is 8.21. The molecule has 0 bridgehead atoms. The number of alkyl halides is 3. The number of nitrogens with zero attached hydrogens (tertiary/aromatic N) is 3. The lowest BCUT2D eigenvalue weighted by molar-refractivity contribution is -0.142. The standard InChI is InChI=1S/C8H8F3N5/c1-13-6-4(12)2-5(8(9,10)11)16-7(6)14-3-15-16/h2-3,13H,12H2,1H3. The summed E-state index contributed by atoms with van der Waals surface area (Å²) in [6.45, 7) is 0. The van der Waals surface area contributed by atoms with Crippen LogP contribution < -0.4 is 11.1 Å². The van der Waals surface area contributed by atoms with E-state index in [9.17, 15) is 13.2 Å². The van der Waals surface area contributed by atoms with Crippen LogP contribution in [0, 0.1) is 0 Å². The average molecular weight is 231 g/mol. The van der Waals surface area contributed by atoms with Crippen LogP contribution in [-0.2, 0) is 6.18 Å². The Morgan fingerprint density at radius 1 is 1.44 bits per heavy atom. The second-order valence-electron chi connectivity index (χ2n) is 3.10. The van der Waals surface area contributed by atoms with Crippen LogP contribution in [0.15, 0.2) is 12.4 Å². The van der Waals surface area contributed by atoms with Gasteiger partial charge in [-0.05, 0) is 6.07 Å². The van der Waals surface area contributed by atoms with Gasteiger partial charge in [-0.1, -0.05) is 0 Å².